The van der Waals surface area contributed by atoms with Crippen molar-refractivity contribution in [3.8, 4) is 0 Å². The van der Waals surface area contributed by atoms with E-state index < -0.39 is 0 Å². The van der Waals surface area contributed by atoms with Gasteiger partial charge in [0.25, 0.3) is 0 Å². The van der Waals surface area contributed by atoms with Crippen molar-refractivity contribution in [2.24, 2.45) is 0 Å². The summed E-state index contributed by atoms with van der Waals surface area (Å²) >= 11 is 5.54. The normalized spacial score (nSPS) is 10.1. The van der Waals surface area contributed by atoms with Crippen LogP contribution in [0.3, 0.4) is 0 Å². The third-order valence-electron chi connectivity index (χ3n) is 2.36. The molecule has 0 aliphatic heterocycles. The van der Waals surface area contributed by atoms with Gasteiger partial charge in [0.1, 0.15) is 0 Å². The van der Waals surface area contributed by atoms with Gasteiger partial charge in [-0.1, -0.05) is 6.07 Å². The van der Waals surface area contributed by atoms with E-state index in [2.05, 4.69) is 10.3 Å². The Balaban J connectivity index is 2.29. The van der Waals surface area contributed by atoms with Crippen LogP contribution in [-0.4, -0.2) is 16.8 Å². The van der Waals surface area contributed by atoms with Crippen LogP contribution in [0.25, 0.3) is 0 Å². The van der Waals surface area contributed by atoms with Gasteiger partial charge in [-0.15, -0.1) is 11.6 Å². The standard InChI is InChI=1S/C12H17ClN2O/c1-10-5-4-8-14-11(10)9-15-12(16)6-2-3-7-13/h4-5,8H,2-3,6-7,9H2,1H3,(H,15,16). The van der Waals surface area contributed by atoms with Crippen molar-refractivity contribution in [3.63, 3.8) is 0 Å². The van der Waals surface area contributed by atoms with E-state index in [1.807, 2.05) is 19.1 Å². The van der Waals surface area contributed by atoms with Crippen LogP contribution in [0.5, 0.6) is 0 Å². The molecule has 1 aromatic heterocycles. The van der Waals surface area contributed by atoms with Gasteiger partial charge in [-0.3, -0.25) is 9.78 Å². The van der Waals surface area contributed by atoms with Gasteiger partial charge in [-0.2, -0.15) is 0 Å². The third-order valence-corrected chi connectivity index (χ3v) is 2.63. The summed E-state index contributed by atoms with van der Waals surface area (Å²) in [5.41, 5.74) is 2.02. The Morgan fingerprint density at radius 2 is 2.31 bits per heavy atom. The first kappa shape index (κ1) is 13.0. The number of amides is 1. The maximum atomic E-state index is 11.4. The summed E-state index contributed by atoms with van der Waals surface area (Å²) in [5, 5.41) is 2.85. The number of nitrogens with zero attached hydrogens (tertiary/aromatic N) is 1. The fraction of sp³-hybridized carbons (Fsp3) is 0.500. The molecule has 0 aliphatic carbocycles. The summed E-state index contributed by atoms with van der Waals surface area (Å²) in [6.45, 7) is 2.49. The summed E-state index contributed by atoms with van der Waals surface area (Å²) in [5.74, 6) is 0.683. The summed E-state index contributed by atoms with van der Waals surface area (Å²) in [6, 6.07) is 3.88. The first-order chi connectivity index (χ1) is 7.74. The smallest absolute Gasteiger partial charge is 0.220 e. The first-order valence-electron chi connectivity index (χ1n) is 5.47. The fourth-order valence-electron chi connectivity index (χ4n) is 1.35. The molecule has 4 heteroatoms. The zero-order valence-corrected chi connectivity index (χ0v) is 10.3. The van der Waals surface area contributed by atoms with Gasteiger partial charge in [0.2, 0.25) is 5.91 Å². The number of hydrogen-bond donors (Lipinski definition) is 1. The summed E-state index contributed by atoms with van der Waals surface area (Å²) in [6.07, 6.45) is 4.01. The van der Waals surface area contributed by atoms with E-state index in [-0.39, 0.29) is 5.91 Å². The van der Waals surface area contributed by atoms with Crippen molar-refractivity contribution in [2.45, 2.75) is 32.7 Å². The van der Waals surface area contributed by atoms with Crippen molar-refractivity contribution in [2.75, 3.05) is 5.88 Å². The SMILES string of the molecule is Cc1cccnc1CNC(=O)CCCCCl. The molecule has 16 heavy (non-hydrogen) atoms. The van der Waals surface area contributed by atoms with Crippen LogP contribution < -0.4 is 5.32 Å². The van der Waals surface area contributed by atoms with Crippen molar-refractivity contribution in [3.05, 3.63) is 29.6 Å². The van der Waals surface area contributed by atoms with Crippen LogP contribution in [-0.2, 0) is 11.3 Å². The van der Waals surface area contributed by atoms with Crippen LogP contribution in [0.15, 0.2) is 18.3 Å². The monoisotopic (exact) mass is 240 g/mol. The van der Waals surface area contributed by atoms with Crippen molar-refractivity contribution >= 4 is 17.5 Å². The number of nitrogens with one attached hydrogen (secondary N) is 1. The molecule has 0 unspecified atom stereocenters. The van der Waals surface area contributed by atoms with E-state index in [9.17, 15) is 4.79 Å². The number of aryl methyl sites for hydroxylation is 1. The molecule has 0 atom stereocenters. The summed E-state index contributed by atoms with van der Waals surface area (Å²) in [4.78, 5) is 15.6. The summed E-state index contributed by atoms with van der Waals surface area (Å²) in [7, 11) is 0. The van der Waals surface area contributed by atoms with Crippen molar-refractivity contribution < 1.29 is 4.79 Å². The number of carbonyl (C=O) groups excluding carboxylic acids is 1. The zero-order chi connectivity index (χ0) is 11.8. The molecule has 1 heterocycles. The number of hydrogen-bond acceptors (Lipinski definition) is 2. The minimum atomic E-state index is 0.0650. The first-order valence-corrected chi connectivity index (χ1v) is 6.00. The molecule has 0 saturated carbocycles. The second-order valence-electron chi connectivity index (χ2n) is 3.69. The highest BCUT2D eigenvalue weighted by Gasteiger charge is 2.03. The highest BCUT2D eigenvalue weighted by atomic mass is 35.5. The van der Waals surface area contributed by atoms with E-state index in [1.54, 1.807) is 6.20 Å². The molecule has 1 amide bonds. The fourth-order valence-corrected chi connectivity index (χ4v) is 1.54. The molecule has 0 fully saturated rings. The predicted octanol–water partition coefficient (Wildman–Crippen LogP) is 2.42. The minimum absolute atomic E-state index is 0.0650. The van der Waals surface area contributed by atoms with Gasteiger partial charge in [0.05, 0.1) is 12.2 Å². The van der Waals surface area contributed by atoms with Crippen LogP contribution in [0, 0.1) is 6.92 Å². The van der Waals surface area contributed by atoms with Gasteiger partial charge in [0.15, 0.2) is 0 Å². The lowest BCUT2D eigenvalue weighted by Gasteiger charge is -2.06. The second-order valence-corrected chi connectivity index (χ2v) is 4.07. The Morgan fingerprint density at radius 1 is 1.50 bits per heavy atom. The number of unbranched alkanes of at least 4 members (excludes halogenated alkanes) is 1. The molecule has 0 aliphatic rings. The van der Waals surface area contributed by atoms with E-state index >= 15 is 0 Å². The minimum Gasteiger partial charge on any atom is -0.350 e. The number of halogens is 1. The van der Waals surface area contributed by atoms with Gasteiger partial charge < -0.3 is 5.32 Å². The lowest BCUT2D eigenvalue weighted by Crippen LogP contribution is -2.23. The summed E-state index contributed by atoms with van der Waals surface area (Å²) < 4.78 is 0. The molecular formula is C12H17ClN2O. The molecule has 0 aromatic carbocycles. The molecule has 1 aromatic rings. The number of pyridine rings is 1. The number of alkyl halides is 1. The lowest BCUT2D eigenvalue weighted by atomic mass is 10.2. The zero-order valence-electron chi connectivity index (χ0n) is 9.50. The largest absolute Gasteiger partial charge is 0.350 e. The van der Waals surface area contributed by atoms with Crippen molar-refractivity contribution in [1.29, 1.82) is 0 Å². The van der Waals surface area contributed by atoms with E-state index in [1.165, 1.54) is 0 Å². The topological polar surface area (TPSA) is 42.0 Å². The number of aromatic nitrogens is 1. The van der Waals surface area contributed by atoms with Gasteiger partial charge >= 0.3 is 0 Å². The third kappa shape index (κ3) is 4.62. The quantitative estimate of drug-likeness (QED) is 0.613. The molecule has 1 rings (SSSR count). The molecule has 0 bridgehead atoms. The van der Waals surface area contributed by atoms with Crippen LogP contribution >= 0.6 is 11.6 Å². The molecule has 3 nitrogen and oxygen atoms in total. The van der Waals surface area contributed by atoms with Gasteiger partial charge in [-0.25, -0.2) is 0 Å². The number of carbonyl (C=O) groups is 1. The molecule has 0 radical (unpaired) electrons. The Kier molecular flexibility index (Phi) is 5.86. The molecular weight excluding hydrogens is 224 g/mol. The highest BCUT2D eigenvalue weighted by Crippen LogP contribution is 2.03. The predicted molar refractivity (Wildman–Crippen MR) is 65.4 cm³/mol. The van der Waals surface area contributed by atoms with E-state index in [4.69, 9.17) is 11.6 Å². The Hall–Kier alpha value is -1.09. The molecule has 0 saturated heterocycles. The average Bonchev–Trinajstić information content (AvgIpc) is 2.28. The van der Waals surface area contributed by atoms with Crippen LogP contribution in [0.2, 0.25) is 0 Å². The van der Waals surface area contributed by atoms with Crippen molar-refractivity contribution in [1.82, 2.24) is 10.3 Å². The highest BCUT2D eigenvalue weighted by molar-refractivity contribution is 6.17. The Morgan fingerprint density at radius 3 is 3.00 bits per heavy atom. The van der Waals surface area contributed by atoms with Crippen LogP contribution in [0.4, 0.5) is 0 Å². The molecule has 88 valence electrons. The maximum Gasteiger partial charge on any atom is 0.220 e. The Labute approximate surface area is 101 Å². The number of rotatable bonds is 6. The van der Waals surface area contributed by atoms with E-state index in [0.717, 1.165) is 24.1 Å². The average molecular weight is 241 g/mol. The molecule has 1 N–H and O–H groups in total. The lowest BCUT2D eigenvalue weighted by molar-refractivity contribution is -0.121. The molecule has 0 spiro atoms. The maximum absolute atomic E-state index is 11.4. The second kappa shape index (κ2) is 7.23. The van der Waals surface area contributed by atoms with Gasteiger partial charge in [-0.05, 0) is 31.4 Å². The van der Waals surface area contributed by atoms with Gasteiger partial charge in [0, 0.05) is 18.5 Å². The Bertz CT molecular complexity index is 342. The van der Waals surface area contributed by atoms with Crippen LogP contribution in [0.1, 0.15) is 30.5 Å². The van der Waals surface area contributed by atoms with E-state index in [0.29, 0.717) is 18.8 Å².